The van der Waals surface area contributed by atoms with Crippen LogP contribution in [0.15, 0.2) is 17.5 Å². The number of imide groups is 1. The van der Waals surface area contributed by atoms with Crippen molar-refractivity contribution in [3.05, 3.63) is 22.4 Å². The van der Waals surface area contributed by atoms with E-state index in [2.05, 4.69) is 28.1 Å². The predicted octanol–water partition coefficient (Wildman–Crippen LogP) is 2.29. The molecule has 1 aromatic heterocycles. The Balaban J connectivity index is 1.66. The van der Waals surface area contributed by atoms with Crippen LogP contribution in [0, 0.1) is 0 Å². The Morgan fingerprint density at radius 3 is 2.85 bits per heavy atom. The molecule has 5 nitrogen and oxygen atoms in total. The Morgan fingerprint density at radius 2 is 2.25 bits per heavy atom. The highest BCUT2D eigenvalue weighted by molar-refractivity contribution is 7.10. The van der Waals surface area contributed by atoms with Crippen molar-refractivity contribution in [1.29, 1.82) is 0 Å². The predicted molar refractivity (Wildman–Crippen MR) is 78.0 cm³/mol. The van der Waals surface area contributed by atoms with E-state index in [0.717, 1.165) is 12.8 Å². The van der Waals surface area contributed by atoms with Crippen LogP contribution in [0.2, 0.25) is 0 Å². The monoisotopic (exact) mass is 293 g/mol. The first-order chi connectivity index (χ1) is 9.71. The lowest BCUT2D eigenvalue weighted by atomic mass is 9.84. The summed E-state index contributed by atoms with van der Waals surface area (Å²) in [5.74, 6) is 0. The average molecular weight is 293 g/mol. The van der Waals surface area contributed by atoms with E-state index >= 15 is 0 Å². The van der Waals surface area contributed by atoms with Crippen LogP contribution in [0.3, 0.4) is 0 Å². The van der Waals surface area contributed by atoms with E-state index in [9.17, 15) is 9.59 Å². The minimum absolute atomic E-state index is 0.0695. The summed E-state index contributed by atoms with van der Waals surface area (Å²) in [6, 6.07) is 3.66. The quantitative estimate of drug-likeness (QED) is 0.898. The maximum atomic E-state index is 12.1. The van der Waals surface area contributed by atoms with Crippen molar-refractivity contribution in [1.82, 2.24) is 15.5 Å². The Bertz CT molecular complexity index is 495. The Morgan fingerprint density at radius 1 is 1.45 bits per heavy atom. The number of carbonyl (C=O) groups is 2. The lowest BCUT2D eigenvalue weighted by Crippen LogP contribution is -2.46. The summed E-state index contributed by atoms with van der Waals surface area (Å²) in [5.41, 5.74) is 0.0695. The van der Waals surface area contributed by atoms with E-state index in [-0.39, 0.29) is 17.5 Å². The van der Waals surface area contributed by atoms with Gasteiger partial charge in [0, 0.05) is 29.9 Å². The standard InChI is InChI=1S/C14H19N3O2S/c18-12-15-7-8-17(12)13(19)16-10-14(5-1-2-6-14)11-4-3-9-20-11/h3-4,9H,1-2,5-8,10H2,(H,15,18)(H,16,19). The average Bonchev–Trinajstić information content (AvgIpc) is 3.17. The first-order valence-electron chi connectivity index (χ1n) is 7.08. The fourth-order valence-corrected chi connectivity index (χ4v) is 4.14. The van der Waals surface area contributed by atoms with Gasteiger partial charge in [-0.25, -0.2) is 14.5 Å². The smallest absolute Gasteiger partial charge is 0.325 e. The second-order valence-corrected chi connectivity index (χ2v) is 6.45. The van der Waals surface area contributed by atoms with E-state index in [1.807, 2.05) is 0 Å². The third-order valence-corrected chi connectivity index (χ3v) is 5.40. The molecule has 108 valence electrons. The number of carbonyl (C=O) groups excluding carboxylic acids is 2. The first kappa shape index (κ1) is 13.4. The summed E-state index contributed by atoms with van der Waals surface area (Å²) in [6.45, 7) is 1.62. The fourth-order valence-electron chi connectivity index (χ4n) is 3.15. The highest BCUT2D eigenvalue weighted by Crippen LogP contribution is 2.42. The highest BCUT2D eigenvalue weighted by Gasteiger charge is 2.37. The van der Waals surface area contributed by atoms with Gasteiger partial charge in [-0.2, -0.15) is 0 Å². The van der Waals surface area contributed by atoms with Gasteiger partial charge in [-0.15, -0.1) is 11.3 Å². The molecule has 0 atom stereocenters. The summed E-state index contributed by atoms with van der Waals surface area (Å²) < 4.78 is 0. The first-order valence-corrected chi connectivity index (χ1v) is 7.96. The van der Waals surface area contributed by atoms with Gasteiger partial charge in [-0.05, 0) is 24.3 Å². The SMILES string of the molecule is O=C1NCCN1C(=O)NCC1(c2cccs2)CCCC1. The number of amides is 4. The van der Waals surface area contributed by atoms with Crippen LogP contribution >= 0.6 is 11.3 Å². The number of nitrogens with one attached hydrogen (secondary N) is 2. The number of thiophene rings is 1. The number of hydrogen-bond donors (Lipinski definition) is 2. The van der Waals surface area contributed by atoms with Gasteiger partial charge in [0.15, 0.2) is 0 Å². The zero-order valence-electron chi connectivity index (χ0n) is 11.4. The summed E-state index contributed by atoms with van der Waals surface area (Å²) in [6.07, 6.45) is 4.63. The summed E-state index contributed by atoms with van der Waals surface area (Å²) in [4.78, 5) is 26.2. The molecule has 2 fully saturated rings. The van der Waals surface area contributed by atoms with E-state index in [1.165, 1.54) is 22.6 Å². The van der Waals surface area contributed by atoms with Gasteiger partial charge in [-0.1, -0.05) is 18.9 Å². The molecule has 1 aliphatic carbocycles. The van der Waals surface area contributed by atoms with E-state index in [0.29, 0.717) is 19.6 Å². The van der Waals surface area contributed by atoms with Gasteiger partial charge < -0.3 is 10.6 Å². The lowest BCUT2D eigenvalue weighted by Gasteiger charge is -2.29. The van der Waals surface area contributed by atoms with Gasteiger partial charge in [0.2, 0.25) is 0 Å². The molecule has 1 aliphatic heterocycles. The molecule has 0 aromatic carbocycles. The van der Waals surface area contributed by atoms with Crippen LogP contribution in [-0.4, -0.2) is 36.6 Å². The van der Waals surface area contributed by atoms with Crippen LogP contribution in [0.5, 0.6) is 0 Å². The van der Waals surface area contributed by atoms with Crippen LogP contribution in [0.25, 0.3) is 0 Å². The topological polar surface area (TPSA) is 61.4 Å². The Labute approximate surface area is 122 Å². The molecule has 2 heterocycles. The molecule has 0 radical (unpaired) electrons. The summed E-state index contributed by atoms with van der Waals surface area (Å²) in [5, 5.41) is 7.69. The third-order valence-electron chi connectivity index (χ3n) is 4.28. The maximum Gasteiger partial charge on any atom is 0.325 e. The fraction of sp³-hybridized carbons (Fsp3) is 0.571. The molecule has 0 spiro atoms. The molecule has 2 N–H and O–H groups in total. The van der Waals surface area contributed by atoms with E-state index < -0.39 is 0 Å². The van der Waals surface area contributed by atoms with Crippen molar-refractivity contribution in [2.45, 2.75) is 31.1 Å². The Kier molecular flexibility index (Phi) is 3.65. The van der Waals surface area contributed by atoms with E-state index in [4.69, 9.17) is 0 Å². The molecule has 1 saturated heterocycles. The number of rotatable bonds is 3. The zero-order valence-corrected chi connectivity index (χ0v) is 12.2. The summed E-state index contributed by atoms with van der Waals surface area (Å²) >= 11 is 1.76. The van der Waals surface area contributed by atoms with Crippen molar-refractivity contribution >= 4 is 23.4 Å². The second kappa shape index (κ2) is 5.44. The normalized spacial score (nSPS) is 21.0. The van der Waals surface area contributed by atoms with Gasteiger partial charge in [0.1, 0.15) is 0 Å². The minimum Gasteiger partial charge on any atom is -0.337 e. The molecule has 20 heavy (non-hydrogen) atoms. The van der Waals surface area contributed by atoms with Gasteiger partial charge >= 0.3 is 12.1 Å². The number of nitrogens with zero attached hydrogens (tertiary/aromatic N) is 1. The molecular formula is C14H19N3O2S. The van der Waals surface area contributed by atoms with Gasteiger partial charge in [0.05, 0.1) is 0 Å². The highest BCUT2D eigenvalue weighted by atomic mass is 32.1. The van der Waals surface area contributed by atoms with Crippen LogP contribution < -0.4 is 10.6 Å². The molecule has 1 saturated carbocycles. The van der Waals surface area contributed by atoms with Crippen LogP contribution in [0.1, 0.15) is 30.6 Å². The molecule has 4 amide bonds. The van der Waals surface area contributed by atoms with Crippen LogP contribution in [0.4, 0.5) is 9.59 Å². The molecule has 2 aliphatic rings. The van der Waals surface area contributed by atoms with Crippen LogP contribution in [-0.2, 0) is 5.41 Å². The molecule has 0 bridgehead atoms. The maximum absolute atomic E-state index is 12.1. The van der Waals surface area contributed by atoms with Gasteiger partial charge in [0.25, 0.3) is 0 Å². The van der Waals surface area contributed by atoms with Crippen molar-refractivity contribution in [3.63, 3.8) is 0 Å². The van der Waals surface area contributed by atoms with Crippen molar-refractivity contribution < 1.29 is 9.59 Å². The molecule has 0 unspecified atom stereocenters. The molecule has 3 rings (SSSR count). The third kappa shape index (κ3) is 2.40. The number of hydrogen-bond acceptors (Lipinski definition) is 3. The molecule has 1 aromatic rings. The lowest BCUT2D eigenvalue weighted by molar-refractivity contribution is 0.196. The van der Waals surface area contributed by atoms with Crippen molar-refractivity contribution in [3.8, 4) is 0 Å². The Hall–Kier alpha value is -1.56. The largest absolute Gasteiger partial charge is 0.337 e. The zero-order chi connectivity index (χ0) is 14.0. The second-order valence-electron chi connectivity index (χ2n) is 5.51. The molecule has 6 heteroatoms. The van der Waals surface area contributed by atoms with E-state index in [1.54, 1.807) is 11.3 Å². The van der Waals surface area contributed by atoms with Crippen molar-refractivity contribution in [2.24, 2.45) is 0 Å². The minimum atomic E-state index is -0.293. The summed E-state index contributed by atoms with van der Waals surface area (Å²) in [7, 11) is 0. The number of urea groups is 2. The molecular weight excluding hydrogens is 274 g/mol. The van der Waals surface area contributed by atoms with Crippen molar-refractivity contribution in [2.75, 3.05) is 19.6 Å². The van der Waals surface area contributed by atoms with Gasteiger partial charge in [-0.3, -0.25) is 0 Å².